The van der Waals surface area contributed by atoms with Gasteiger partial charge in [0, 0.05) is 12.6 Å². The third-order valence-corrected chi connectivity index (χ3v) is 3.02. The summed E-state index contributed by atoms with van der Waals surface area (Å²) in [6.45, 7) is 3.90. The van der Waals surface area contributed by atoms with E-state index in [9.17, 15) is 9.90 Å². The summed E-state index contributed by atoms with van der Waals surface area (Å²) in [7, 11) is 3.35. The van der Waals surface area contributed by atoms with Crippen molar-refractivity contribution in [1.82, 2.24) is 9.55 Å². The van der Waals surface area contributed by atoms with Gasteiger partial charge in [0.25, 0.3) is 0 Å². The fourth-order valence-corrected chi connectivity index (χ4v) is 2.31. The maximum atomic E-state index is 11.3. The van der Waals surface area contributed by atoms with Crippen molar-refractivity contribution in [2.45, 2.75) is 13.8 Å². The summed E-state index contributed by atoms with van der Waals surface area (Å²) < 4.78 is 7.11. The van der Waals surface area contributed by atoms with Crippen LogP contribution in [0.5, 0.6) is 5.75 Å². The van der Waals surface area contributed by atoms with Gasteiger partial charge in [-0.1, -0.05) is 6.07 Å². The minimum atomic E-state index is -1.04. The van der Waals surface area contributed by atoms with Crippen LogP contribution in [0, 0.1) is 13.8 Å². The predicted molar refractivity (Wildman–Crippen MR) is 71.6 cm³/mol. The van der Waals surface area contributed by atoms with Crippen molar-refractivity contribution in [3.63, 3.8) is 0 Å². The van der Waals surface area contributed by atoms with Gasteiger partial charge in [0.05, 0.1) is 19.1 Å². The first-order valence-electron chi connectivity index (χ1n) is 5.86. The molecule has 0 amide bonds. The zero-order valence-corrected chi connectivity index (χ0v) is 11.4. The molecule has 2 aromatic rings. The van der Waals surface area contributed by atoms with Gasteiger partial charge in [-0.05, 0) is 31.0 Å². The molecule has 0 aliphatic rings. The minimum absolute atomic E-state index is 0.0331. The molecule has 0 saturated heterocycles. The Hall–Kier alpha value is -2.30. The van der Waals surface area contributed by atoms with Crippen LogP contribution >= 0.6 is 0 Å². The molecule has 2 rings (SSSR count). The van der Waals surface area contributed by atoms with Crippen LogP contribution in [0.2, 0.25) is 0 Å². The van der Waals surface area contributed by atoms with Gasteiger partial charge in [-0.15, -0.1) is 0 Å². The molecule has 0 saturated carbocycles. The van der Waals surface area contributed by atoms with E-state index in [1.165, 1.54) is 6.33 Å². The number of benzene rings is 1. The molecule has 5 heteroatoms. The number of methoxy groups -OCH3 is 1. The Kier molecular flexibility index (Phi) is 3.29. The summed E-state index contributed by atoms with van der Waals surface area (Å²) in [4.78, 5) is 15.2. The van der Waals surface area contributed by atoms with E-state index in [-0.39, 0.29) is 5.69 Å². The van der Waals surface area contributed by atoms with E-state index in [1.54, 1.807) is 18.7 Å². The van der Waals surface area contributed by atoms with Gasteiger partial charge in [0.2, 0.25) is 0 Å². The largest absolute Gasteiger partial charge is 0.496 e. The molecule has 0 bridgehead atoms. The molecule has 0 fully saturated rings. The monoisotopic (exact) mass is 260 g/mol. The molecule has 0 aliphatic heterocycles. The third-order valence-electron chi connectivity index (χ3n) is 3.02. The van der Waals surface area contributed by atoms with Crippen LogP contribution < -0.4 is 4.74 Å². The predicted octanol–water partition coefficient (Wildman–Crippen LogP) is 2.41. The summed E-state index contributed by atoms with van der Waals surface area (Å²) in [5.74, 6) is -0.367. The number of hydrogen-bond donors (Lipinski definition) is 1. The molecule has 0 aliphatic carbocycles. The summed E-state index contributed by atoms with van der Waals surface area (Å²) in [5, 5.41) is 9.23. The van der Waals surface area contributed by atoms with Crippen molar-refractivity contribution < 1.29 is 14.6 Å². The number of nitrogens with zero attached hydrogens (tertiary/aromatic N) is 2. The van der Waals surface area contributed by atoms with Crippen molar-refractivity contribution >= 4 is 5.97 Å². The second-order valence-corrected chi connectivity index (χ2v) is 4.52. The number of rotatable bonds is 3. The molecule has 1 aromatic heterocycles. The van der Waals surface area contributed by atoms with Crippen LogP contribution in [-0.4, -0.2) is 27.7 Å². The highest BCUT2D eigenvalue weighted by atomic mass is 16.5. The average Bonchev–Trinajstić information content (AvgIpc) is 2.70. The molecule has 1 aromatic carbocycles. The van der Waals surface area contributed by atoms with Gasteiger partial charge in [-0.25, -0.2) is 9.78 Å². The first kappa shape index (κ1) is 13.1. The standard InChI is InChI=1S/C14H16N2O3/c1-8-5-9(2)13(19-4)10(6-8)12-11(14(17)18)15-7-16(12)3/h5-7H,1-4H3,(H,17,18). The first-order chi connectivity index (χ1) is 8.95. The smallest absolute Gasteiger partial charge is 0.356 e. The fraction of sp³-hybridized carbons (Fsp3) is 0.286. The minimum Gasteiger partial charge on any atom is -0.496 e. The maximum Gasteiger partial charge on any atom is 0.356 e. The Morgan fingerprint density at radius 2 is 2.05 bits per heavy atom. The topological polar surface area (TPSA) is 64.3 Å². The normalized spacial score (nSPS) is 10.5. The summed E-state index contributed by atoms with van der Waals surface area (Å²) in [6, 6.07) is 3.91. The van der Waals surface area contributed by atoms with E-state index in [4.69, 9.17) is 4.74 Å². The highest BCUT2D eigenvalue weighted by Gasteiger charge is 2.21. The Balaban J connectivity index is 2.78. The lowest BCUT2D eigenvalue weighted by Gasteiger charge is -2.14. The van der Waals surface area contributed by atoms with Crippen LogP contribution in [0.1, 0.15) is 21.6 Å². The number of carbonyl (C=O) groups is 1. The van der Waals surface area contributed by atoms with Gasteiger partial charge in [0.1, 0.15) is 5.75 Å². The third kappa shape index (κ3) is 2.19. The zero-order chi connectivity index (χ0) is 14.2. The fourth-order valence-electron chi connectivity index (χ4n) is 2.31. The van der Waals surface area contributed by atoms with Gasteiger partial charge in [-0.2, -0.15) is 0 Å². The Bertz CT molecular complexity index is 644. The molecule has 100 valence electrons. The van der Waals surface area contributed by atoms with E-state index in [1.807, 2.05) is 26.0 Å². The molecule has 5 nitrogen and oxygen atoms in total. The van der Waals surface area contributed by atoms with Gasteiger partial charge < -0.3 is 14.4 Å². The zero-order valence-electron chi connectivity index (χ0n) is 11.4. The van der Waals surface area contributed by atoms with Crippen LogP contribution in [0.15, 0.2) is 18.5 Å². The molecule has 1 N–H and O–H groups in total. The van der Waals surface area contributed by atoms with Crippen LogP contribution in [0.3, 0.4) is 0 Å². The van der Waals surface area contributed by atoms with Crippen LogP contribution in [0.25, 0.3) is 11.3 Å². The molecule has 19 heavy (non-hydrogen) atoms. The number of aromatic carboxylic acids is 1. The molecule has 0 spiro atoms. The van der Waals surface area contributed by atoms with Crippen molar-refractivity contribution in [2.24, 2.45) is 7.05 Å². The summed E-state index contributed by atoms with van der Waals surface area (Å²) in [6.07, 6.45) is 1.50. The number of aryl methyl sites for hydroxylation is 3. The Morgan fingerprint density at radius 1 is 1.37 bits per heavy atom. The van der Waals surface area contributed by atoms with Crippen molar-refractivity contribution in [3.8, 4) is 17.0 Å². The quantitative estimate of drug-likeness (QED) is 0.920. The Morgan fingerprint density at radius 3 is 2.63 bits per heavy atom. The number of imidazole rings is 1. The molecule has 1 heterocycles. The van der Waals surface area contributed by atoms with E-state index >= 15 is 0 Å². The second-order valence-electron chi connectivity index (χ2n) is 4.52. The highest BCUT2D eigenvalue weighted by molar-refractivity contribution is 5.94. The highest BCUT2D eigenvalue weighted by Crippen LogP contribution is 2.35. The molecule has 0 unspecified atom stereocenters. The number of hydrogen-bond acceptors (Lipinski definition) is 3. The van der Waals surface area contributed by atoms with Crippen LogP contribution in [-0.2, 0) is 7.05 Å². The van der Waals surface area contributed by atoms with Crippen molar-refractivity contribution in [2.75, 3.05) is 7.11 Å². The molecular weight excluding hydrogens is 244 g/mol. The maximum absolute atomic E-state index is 11.3. The van der Waals surface area contributed by atoms with Crippen molar-refractivity contribution in [3.05, 3.63) is 35.3 Å². The van der Waals surface area contributed by atoms with Gasteiger partial charge in [0.15, 0.2) is 5.69 Å². The molecule has 0 atom stereocenters. The van der Waals surface area contributed by atoms with E-state index < -0.39 is 5.97 Å². The first-order valence-corrected chi connectivity index (χ1v) is 5.86. The van der Waals surface area contributed by atoms with Crippen molar-refractivity contribution in [1.29, 1.82) is 0 Å². The molecular formula is C14H16N2O3. The lowest BCUT2D eigenvalue weighted by atomic mass is 10.0. The van der Waals surface area contributed by atoms with Gasteiger partial charge >= 0.3 is 5.97 Å². The molecule has 0 radical (unpaired) electrons. The van der Waals surface area contributed by atoms with E-state index in [0.717, 1.165) is 16.7 Å². The summed E-state index contributed by atoms with van der Waals surface area (Å²) in [5.41, 5.74) is 3.35. The lowest BCUT2D eigenvalue weighted by molar-refractivity contribution is 0.0692. The number of ether oxygens (including phenoxy) is 1. The van der Waals surface area contributed by atoms with E-state index in [2.05, 4.69) is 4.98 Å². The number of carboxylic acid groups (broad SMARTS) is 1. The Labute approximate surface area is 111 Å². The summed E-state index contributed by atoms with van der Waals surface area (Å²) >= 11 is 0. The number of carboxylic acids is 1. The van der Waals surface area contributed by atoms with Gasteiger partial charge in [-0.3, -0.25) is 0 Å². The SMILES string of the molecule is COc1c(C)cc(C)cc1-c1c(C(=O)O)ncn1C. The number of aromatic nitrogens is 2. The second kappa shape index (κ2) is 4.76. The average molecular weight is 260 g/mol. The lowest BCUT2D eigenvalue weighted by Crippen LogP contribution is -2.03. The van der Waals surface area contributed by atoms with Crippen LogP contribution in [0.4, 0.5) is 0 Å². The van der Waals surface area contributed by atoms with E-state index in [0.29, 0.717) is 11.4 Å².